The monoisotopic (exact) mass is 396 g/mol. The average Bonchev–Trinajstić information content (AvgIpc) is 3.35. The van der Waals surface area contributed by atoms with Gasteiger partial charge in [0.2, 0.25) is 0 Å². The summed E-state index contributed by atoms with van der Waals surface area (Å²) in [6.45, 7) is 4.47. The van der Waals surface area contributed by atoms with Crippen LogP contribution in [0.2, 0.25) is 0 Å². The zero-order valence-corrected chi connectivity index (χ0v) is 19.5. The van der Waals surface area contributed by atoms with Gasteiger partial charge in [-0.2, -0.15) is 0 Å². The van der Waals surface area contributed by atoms with Gasteiger partial charge in [-0.3, -0.25) is 0 Å². The maximum absolute atomic E-state index is 2.32. The van der Waals surface area contributed by atoms with Crippen molar-refractivity contribution in [1.29, 1.82) is 0 Å². The summed E-state index contributed by atoms with van der Waals surface area (Å²) in [6, 6.07) is 22.0. The van der Waals surface area contributed by atoms with Gasteiger partial charge in [0.05, 0.1) is 0 Å². The standard InChI is InChI=1S/C17H14S.C9H10Si/c1-10-11(2)18-17-13(10)7-8-15-14-6-4-3-5-12(14)9-16(15)17;10-9-5-7-3-1-2-4-8(7)6-9/h3-8H,9H2,1-2H3;1-5H,6H2,10H3. The lowest BCUT2D eigenvalue weighted by Gasteiger charge is -2.01. The Hall–Kier alpha value is -2.42. The van der Waals surface area contributed by atoms with Crippen molar-refractivity contribution in [3.05, 3.63) is 98.6 Å². The van der Waals surface area contributed by atoms with Gasteiger partial charge in [-0.05, 0) is 64.6 Å². The summed E-state index contributed by atoms with van der Waals surface area (Å²) in [5.41, 5.74) is 10.3. The first kappa shape index (κ1) is 17.7. The van der Waals surface area contributed by atoms with Gasteiger partial charge in [-0.1, -0.05) is 71.9 Å². The first-order chi connectivity index (χ1) is 13.6. The topological polar surface area (TPSA) is 0 Å². The number of fused-ring (bicyclic) bond motifs is 6. The number of benzene rings is 3. The SMILES string of the molecule is Cc1sc2c3c(ccc2c1C)-c1ccccc1C3.[SiH3]C1=Cc2ccccc2C1. The first-order valence-corrected chi connectivity index (χ1v) is 11.8. The van der Waals surface area contributed by atoms with E-state index in [9.17, 15) is 0 Å². The molecule has 3 aromatic carbocycles. The Kier molecular flexibility index (Phi) is 4.34. The summed E-state index contributed by atoms with van der Waals surface area (Å²) in [6.07, 6.45) is 4.63. The van der Waals surface area contributed by atoms with E-state index in [-0.39, 0.29) is 0 Å². The van der Waals surface area contributed by atoms with E-state index < -0.39 is 0 Å². The van der Waals surface area contributed by atoms with Crippen molar-refractivity contribution in [3.8, 4) is 11.1 Å². The summed E-state index contributed by atoms with van der Waals surface area (Å²) in [5.74, 6) is 0. The zero-order chi connectivity index (χ0) is 19.3. The molecule has 0 nitrogen and oxygen atoms in total. The van der Waals surface area contributed by atoms with Crippen LogP contribution in [0.15, 0.2) is 65.9 Å². The van der Waals surface area contributed by atoms with Gasteiger partial charge in [-0.15, -0.1) is 11.3 Å². The Bertz CT molecular complexity index is 1240. The molecule has 0 N–H and O–H groups in total. The van der Waals surface area contributed by atoms with Crippen LogP contribution in [-0.2, 0) is 12.8 Å². The largest absolute Gasteiger partial charge is 0.140 e. The third-order valence-electron chi connectivity index (χ3n) is 6.05. The fourth-order valence-corrected chi connectivity index (χ4v) is 6.36. The number of hydrogen-bond donors (Lipinski definition) is 0. The van der Waals surface area contributed by atoms with E-state index in [0.717, 1.165) is 6.42 Å². The van der Waals surface area contributed by atoms with E-state index in [1.54, 1.807) is 5.20 Å². The Morgan fingerprint density at radius 3 is 2.36 bits per heavy atom. The molecule has 6 rings (SSSR count). The van der Waals surface area contributed by atoms with E-state index in [1.807, 2.05) is 11.3 Å². The number of aryl methyl sites for hydroxylation is 2. The van der Waals surface area contributed by atoms with Crippen molar-refractivity contribution in [3.63, 3.8) is 0 Å². The zero-order valence-electron chi connectivity index (χ0n) is 16.7. The van der Waals surface area contributed by atoms with Crippen molar-refractivity contribution >= 4 is 37.7 Å². The molecular weight excluding hydrogens is 372 g/mol. The molecule has 0 amide bonds. The van der Waals surface area contributed by atoms with Crippen molar-refractivity contribution in [1.82, 2.24) is 0 Å². The normalized spacial score (nSPS) is 13.6. The second-order valence-corrected chi connectivity index (χ2v) is 10.5. The number of rotatable bonds is 0. The third-order valence-corrected chi connectivity index (χ3v) is 7.97. The van der Waals surface area contributed by atoms with Crippen LogP contribution in [0.1, 0.15) is 32.7 Å². The molecule has 0 spiro atoms. The predicted octanol–water partition coefficient (Wildman–Crippen LogP) is 6.04. The Labute approximate surface area is 174 Å². The van der Waals surface area contributed by atoms with Crippen LogP contribution in [0, 0.1) is 13.8 Å². The molecule has 0 saturated carbocycles. The molecule has 4 aromatic rings. The fraction of sp³-hybridized carbons (Fsp3) is 0.154. The summed E-state index contributed by atoms with van der Waals surface area (Å²) in [5, 5.41) is 3.06. The minimum absolute atomic E-state index is 1.10. The van der Waals surface area contributed by atoms with E-state index >= 15 is 0 Å². The van der Waals surface area contributed by atoms with Gasteiger partial charge in [0, 0.05) is 26.2 Å². The molecule has 0 fully saturated rings. The highest BCUT2D eigenvalue weighted by Gasteiger charge is 2.21. The summed E-state index contributed by atoms with van der Waals surface area (Å²) in [7, 11) is 1.22. The van der Waals surface area contributed by atoms with Crippen molar-refractivity contribution in [2.24, 2.45) is 0 Å². The number of thiophene rings is 1. The van der Waals surface area contributed by atoms with E-state index in [0.29, 0.717) is 0 Å². The molecule has 0 bridgehead atoms. The number of allylic oxidation sites excluding steroid dienone is 1. The highest BCUT2D eigenvalue weighted by molar-refractivity contribution is 7.19. The molecule has 138 valence electrons. The molecule has 0 aliphatic heterocycles. The molecule has 0 radical (unpaired) electrons. The van der Waals surface area contributed by atoms with Crippen LogP contribution in [0.5, 0.6) is 0 Å². The van der Waals surface area contributed by atoms with Gasteiger partial charge >= 0.3 is 0 Å². The molecule has 2 aliphatic carbocycles. The smallest absolute Gasteiger partial charge is 0.0389 e. The minimum atomic E-state index is 1.10. The Balaban J connectivity index is 0.000000145. The van der Waals surface area contributed by atoms with Crippen LogP contribution in [0.3, 0.4) is 0 Å². The molecule has 0 saturated heterocycles. The summed E-state index contributed by atoms with van der Waals surface area (Å²) in [4.78, 5) is 1.45. The van der Waals surface area contributed by atoms with Gasteiger partial charge in [-0.25, -0.2) is 0 Å². The quantitative estimate of drug-likeness (QED) is 0.280. The molecule has 0 atom stereocenters. The molecular formula is C26H24SSi. The maximum atomic E-state index is 2.32. The van der Waals surface area contributed by atoms with E-state index in [4.69, 9.17) is 0 Å². The Morgan fingerprint density at radius 2 is 1.54 bits per heavy atom. The molecule has 1 aromatic heterocycles. The third kappa shape index (κ3) is 2.88. The van der Waals surface area contributed by atoms with Gasteiger partial charge in [0.25, 0.3) is 0 Å². The highest BCUT2D eigenvalue weighted by atomic mass is 32.1. The van der Waals surface area contributed by atoms with Crippen LogP contribution < -0.4 is 0 Å². The average molecular weight is 397 g/mol. The second kappa shape index (κ2) is 6.88. The van der Waals surface area contributed by atoms with Crippen molar-refractivity contribution in [2.45, 2.75) is 26.7 Å². The van der Waals surface area contributed by atoms with Gasteiger partial charge < -0.3 is 0 Å². The van der Waals surface area contributed by atoms with Crippen LogP contribution in [-0.4, -0.2) is 10.2 Å². The summed E-state index contributed by atoms with van der Waals surface area (Å²) < 4.78 is 1.50. The maximum Gasteiger partial charge on any atom is 0.0389 e. The molecule has 28 heavy (non-hydrogen) atoms. The lowest BCUT2D eigenvalue weighted by Crippen LogP contribution is -1.81. The first-order valence-electron chi connectivity index (χ1n) is 9.97. The van der Waals surface area contributed by atoms with Crippen molar-refractivity contribution in [2.75, 3.05) is 0 Å². The predicted molar refractivity (Wildman–Crippen MR) is 128 cm³/mol. The molecule has 2 heteroatoms. The molecule has 0 unspecified atom stereocenters. The number of hydrogen-bond acceptors (Lipinski definition) is 1. The van der Waals surface area contributed by atoms with E-state index in [1.165, 1.54) is 70.6 Å². The van der Waals surface area contributed by atoms with Gasteiger partial charge in [0.1, 0.15) is 0 Å². The molecule has 2 aliphatic rings. The van der Waals surface area contributed by atoms with Crippen LogP contribution in [0.4, 0.5) is 0 Å². The Morgan fingerprint density at radius 1 is 0.786 bits per heavy atom. The highest BCUT2D eigenvalue weighted by Crippen LogP contribution is 2.43. The minimum Gasteiger partial charge on any atom is -0.140 e. The summed E-state index contributed by atoms with van der Waals surface area (Å²) >= 11 is 1.95. The van der Waals surface area contributed by atoms with Crippen LogP contribution in [0.25, 0.3) is 27.3 Å². The lowest BCUT2D eigenvalue weighted by atomic mass is 10.0. The van der Waals surface area contributed by atoms with Crippen LogP contribution >= 0.6 is 11.3 Å². The lowest BCUT2D eigenvalue weighted by molar-refractivity contribution is 1.29. The van der Waals surface area contributed by atoms with Gasteiger partial charge in [0.15, 0.2) is 0 Å². The molecule has 1 heterocycles. The van der Waals surface area contributed by atoms with Crippen molar-refractivity contribution < 1.29 is 0 Å². The fourth-order valence-electron chi connectivity index (χ4n) is 4.47. The second-order valence-electron chi connectivity index (χ2n) is 7.95. The van der Waals surface area contributed by atoms with E-state index in [2.05, 4.69) is 80.6 Å².